The maximum atomic E-state index is 12.1. The van der Waals surface area contributed by atoms with E-state index in [1.165, 1.54) is 11.8 Å². The highest BCUT2D eigenvalue weighted by molar-refractivity contribution is 7.99. The number of para-hydroxylation sites is 1. The summed E-state index contributed by atoms with van der Waals surface area (Å²) in [6.45, 7) is 6.82. The van der Waals surface area contributed by atoms with E-state index < -0.39 is 6.04 Å². The summed E-state index contributed by atoms with van der Waals surface area (Å²) in [5.74, 6) is -0.343. The number of benzene rings is 1. The molecule has 9 heteroatoms. The minimum Gasteiger partial charge on any atom is -0.355 e. The summed E-state index contributed by atoms with van der Waals surface area (Å²) in [4.78, 5) is 28.3. The van der Waals surface area contributed by atoms with Gasteiger partial charge in [-0.3, -0.25) is 9.59 Å². The number of fused-ring (bicyclic) bond motifs is 3. The van der Waals surface area contributed by atoms with E-state index in [1.54, 1.807) is 6.92 Å². The number of carbonyl (C=O) groups excluding carboxylic acids is 2. The summed E-state index contributed by atoms with van der Waals surface area (Å²) in [7, 11) is 0. The monoisotopic (exact) mass is 386 g/mol. The number of rotatable bonds is 7. The molecule has 2 heterocycles. The molecule has 0 spiro atoms. The van der Waals surface area contributed by atoms with E-state index in [4.69, 9.17) is 0 Å². The summed E-state index contributed by atoms with van der Waals surface area (Å²) < 4.78 is 2.08. The number of amides is 2. The maximum absolute atomic E-state index is 12.1. The Bertz CT molecular complexity index is 987. The number of nitrogens with one attached hydrogen (secondary N) is 2. The first-order valence-corrected chi connectivity index (χ1v) is 9.85. The molecule has 142 valence electrons. The van der Waals surface area contributed by atoms with Crippen molar-refractivity contribution in [3.05, 3.63) is 24.3 Å². The summed E-state index contributed by atoms with van der Waals surface area (Å²) in [5.41, 5.74) is 2.57. The zero-order chi connectivity index (χ0) is 19.4. The lowest BCUT2D eigenvalue weighted by atomic mass is 10.2. The molecule has 1 atom stereocenters. The van der Waals surface area contributed by atoms with E-state index in [0.29, 0.717) is 11.7 Å². The van der Waals surface area contributed by atoms with Crippen molar-refractivity contribution in [1.29, 1.82) is 0 Å². The van der Waals surface area contributed by atoms with Gasteiger partial charge in [0.1, 0.15) is 11.6 Å². The fourth-order valence-corrected chi connectivity index (χ4v) is 3.47. The fourth-order valence-electron chi connectivity index (χ4n) is 2.88. The summed E-state index contributed by atoms with van der Waals surface area (Å²) in [6, 6.07) is 7.40. The van der Waals surface area contributed by atoms with Crippen LogP contribution in [0.2, 0.25) is 0 Å². The minimum absolute atomic E-state index is 0.114. The van der Waals surface area contributed by atoms with Crippen LogP contribution >= 0.6 is 11.8 Å². The second-order valence-corrected chi connectivity index (χ2v) is 6.94. The van der Waals surface area contributed by atoms with Gasteiger partial charge in [-0.15, -0.1) is 10.2 Å². The lowest BCUT2D eigenvalue weighted by Crippen LogP contribution is -2.45. The first kappa shape index (κ1) is 19.1. The highest BCUT2D eigenvalue weighted by Gasteiger charge is 2.17. The normalized spacial score (nSPS) is 12.3. The van der Waals surface area contributed by atoms with Crippen molar-refractivity contribution in [2.45, 2.75) is 38.5 Å². The van der Waals surface area contributed by atoms with Crippen molar-refractivity contribution in [1.82, 2.24) is 30.4 Å². The second-order valence-electron chi connectivity index (χ2n) is 6.00. The number of thioether (sulfide) groups is 1. The molecule has 0 aliphatic carbocycles. The molecule has 3 aromatic rings. The van der Waals surface area contributed by atoms with E-state index in [9.17, 15) is 9.59 Å². The van der Waals surface area contributed by atoms with Gasteiger partial charge in [-0.1, -0.05) is 30.0 Å². The van der Waals surface area contributed by atoms with Crippen LogP contribution in [0.3, 0.4) is 0 Å². The van der Waals surface area contributed by atoms with Crippen molar-refractivity contribution in [2.24, 2.45) is 0 Å². The largest absolute Gasteiger partial charge is 0.355 e. The summed E-state index contributed by atoms with van der Waals surface area (Å²) in [5, 5.41) is 15.2. The summed E-state index contributed by atoms with van der Waals surface area (Å²) >= 11 is 1.20. The number of carbonyl (C=O) groups is 2. The number of hydrogen-bond acceptors (Lipinski definition) is 6. The third kappa shape index (κ3) is 4.02. The molecule has 2 amide bonds. The topological polar surface area (TPSA) is 102 Å². The van der Waals surface area contributed by atoms with Gasteiger partial charge in [-0.2, -0.15) is 0 Å². The Morgan fingerprint density at radius 1 is 1.22 bits per heavy atom. The Morgan fingerprint density at radius 3 is 2.74 bits per heavy atom. The molecule has 0 radical (unpaired) electrons. The molecule has 0 fully saturated rings. The third-order valence-corrected chi connectivity index (χ3v) is 4.96. The predicted molar refractivity (Wildman–Crippen MR) is 106 cm³/mol. The van der Waals surface area contributed by atoms with E-state index in [1.807, 2.05) is 31.2 Å². The summed E-state index contributed by atoms with van der Waals surface area (Å²) in [6.07, 6.45) is 0. The van der Waals surface area contributed by atoms with Crippen LogP contribution in [0.15, 0.2) is 29.4 Å². The number of likely N-dealkylation sites (N-methyl/N-ethyl adjacent to an activating group) is 1. The van der Waals surface area contributed by atoms with Crippen LogP contribution in [0.4, 0.5) is 0 Å². The number of aromatic nitrogens is 4. The first-order valence-electron chi connectivity index (χ1n) is 8.86. The van der Waals surface area contributed by atoms with E-state index in [2.05, 4.69) is 37.3 Å². The van der Waals surface area contributed by atoms with Crippen molar-refractivity contribution in [3.63, 3.8) is 0 Å². The van der Waals surface area contributed by atoms with Crippen LogP contribution in [0.25, 0.3) is 22.1 Å². The van der Waals surface area contributed by atoms with Gasteiger partial charge in [-0.25, -0.2) is 4.98 Å². The van der Waals surface area contributed by atoms with Gasteiger partial charge in [-0.05, 0) is 26.8 Å². The molecule has 2 N–H and O–H groups in total. The van der Waals surface area contributed by atoms with Gasteiger partial charge >= 0.3 is 0 Å². The molecule has 0 aliphatic rings. The van der Waals surface area contributed by atoms with Crippen molar-refractivity contribution in [2.75, 3.05) is 12.3 Å². The van der Waals surface area contributed by atoms with Gasteiger partial charge < -0.3 is 15.2 Å². The predicted octanol–water partition coefficient (Wildman–Crippen LogP) is 1.73. The molecule has 2 aromatic heterocycles. The third-order valence-electron chi connectivity index (χ3n) is 4.12. The van der Waals surface area contributed by atoms with Crippen molar-refractivity contribution < 1.29 is 9.59 Å². The number of hydrogen-bond donors (Lipinski definition) is 2. The Hall–Kier alpha value is -2.68. The van der Waals surface area contributed by atoms with Gasteiger partial charge in [0.25, 0.3) is 0 Å². The average molecular weight is 386 g/mol. The van der Waals surface area contributed by atoms with E-state index in [0.717, 1.165) is 28.6 Å². The minimum atomic E-state index is -0.581. The van der Waals surface area contributed by atoms with Crippen LogP contribution in [-0.4, -0.2) is 49.9 Å². The molecular weight excluding hydrogens is 364 g/mol. The molecular formula is C18H22N6O2S. The SMILES string of the molecule is CCNC(=O)C(C)NC(=O)CSc1nnc2c3ccccc3n(CC)c2n1. The van der Waals surface area contributed by atoms with Crippen LogP contribution in [0.1, 0.15) is 20.8 Å². The van der Waals surface area contributed by atoms with Gasteiger partial charge in [0.2, 0.25) is 17.0 Å². The molecule has 0 bridgehead atoms. The zero-order valence-electron chi connectivity index (χ0n) is 15.5. The van der Waals surface area contributed by atoms with E-state index >= 15 is 0 Å². The van der Waals surface area contributed by atoms with Crippen LogP contribution in [-0.2, 0) is 16.1 Å². The lowest BCUT2D eigenvalue weighted by Gasteiger charge is -2.12. The Morgan fingerprint density at radius 2 is 2.00 bits per heavy atom. The molecule has 8 nitrogen and oxygen atoms in total. The van der Waals surface area contributed by atoms with Crippen molar-refractivity contribution in [3.8, 4) is 0 Å². The molecule has 27 heavy (non-hydrogen) atoms. The molecule has 0 saturated carbocycles. The lowest BCUT2D eigenvalue weighted by molar-refractivity contribution is -0.127. The maximum Gasteiger partial charge on any atom is 0.242 e. The number of aryl methyl sites for hydroxylation is 1. The van der Waals surface area contributed by atoms with Gasteiger partial charge in [0.05, 0.1) is 11.3 Å². The highest BCUT2D eigenvalue weighted by atomic mass is 32.2. The Kier molecular flexibility index (Phi) is 5.90. The highest BCUT2D eigenvalue weighted by Crippen LogP contribution is 2.26. The number of nitrogens with zero attached hydrogens (tertiary/aromatic N) is 4. The molecule has 0 saturated heterocycles. The van der Waals surface area contributed by atoms with Gasteiger partial charge in [0.15, 0.2) is 5.65 Å². The Labute approximate surface area is 161 Å². The zero-order valence-corrected chi connectivity index (χ0v) is 16.3. The quantitative estimate of drug-likeness (QED) is 0.600. The smallest absolute Gasteiger partial charge is 0.242 e. The van der Waals surface area contributed by atoms with Crippen molar-refractivity contribution >= 4 is 45.6 Å². The fraction of sp³-hybridized carbons (Fsp3) is 0.389. The van der Waals surface area contributed by atoms with Crippen LogP contribution < -0.4 is 10.6 Å². The standard InChI is InChI=1S/C18H22N6O2S/c1-4-19-17(26)11(3)20-14(25)10-27-18-21-16-15(22-23-18)12-8-6-7-9-13(12)24(16)5-2/h6-9,11H,4-5,10H2,1-3H3,(H,19,26)(H,20,25). The van der Waals surface area contributed by atoms with E-state index in [-0.39, 0.29) is 17.6 Å². The Balaban J connectivity index is 1.73. The molecule has 1 aromatic carbocycles. The second kappa shape index (κ2) is 8.34. The first-order chi connectivity index (χ1) is 13.0. The molecule has 0 aliphatic heterocycles. The molecule has 3 rings (SSSR count). The van der Waals surface area contributed by atoms with Crippen LogP contribution in [0.5, 0.6) is 0 Å². The van der Waals surface area contributed by atoms with Gasteiger partial charge in [0, 0.05) is 18.5 Å². The van der Waals surface area contributed by atoms with Crippen LogP contribution in [0, 0.1) is 0 Å². The average Bonchev–Trinajstić information content (AvgIpc) is 2.99. The molecule has 1 unspecified atom stereocenters.